The smallest absolute Gasteiger partial charge is 0.221 e. The van der Waals surface area contributed by atoms with E-state index in [9.17, 15) is 9.59 Å². The van der Waals surface area contributed by atoms with Crippen molar-refractivity contribution in [2.75, 3.05) is 57.4 Å². The highest BCUT2D eigenvalue weighted by Gasteiger charge is 2.25. The van der Waals surface area contributed by atoms with E-state index < -0.39 is 0 Å². The van der Waals surface area contributed by atoms with Crippen molar-refractivity contribution < 1.29 is 14.3 Å². The fraction of sp³-hybridized carbons (Fsp3) is 0.647. The number of Topliss-reactive ketones (excluding diaryl/α,β-unsaturated/α-hetero) is 1. The van der Waals surface area contributed by atoms with Crippen LogP contribution in [0, 0.1) is 6.92 Å². The normalized spacial score (nSPS) is 18.1. The van der Waals surface area contributed by atoms with Crippen molar-refractivity contribution in [2.45, 2.75) is 19.8 Å². The van der Waals surface area contributed by atoms with Gasteiger partial charge < -0.3 is 15.0 Å². The molecule has 136 valence electrons. The standard InChI is InChI=1S/C17H25N5O3/c1-13-19-12-14-15(23)2-5-22(17(14)20-13)6-3-16(24)18-4-7-21-8-10-25-11-9-21/h12H,2-11H2,1H3,(H,18,24). The van der Waals surface area contributed by atoms with Crippen molar-refractivity contribution in [1.82, 2.24) is 20.2 Å². The maximum atomic E-state index is 12.1. The highest BCUT2D eigenvalue weighted by Crippen LogP contribution is 2.24. The number of rotatable bonds is 6. The second-order valence-corrected chi connectivity index (χ2v) is 6.37. The number of anilines is 1. The van der Waals surface area contributed by atoms with Crippen LogP contribution in [0.2, 0.25) is 0 Å². The van der Waals surface area contributed by atoms with Gasteiger partial charge in [-0.1, -0.05) is 0 Å². The van der Waals surface area contributed by atoms with Gasteiger partial charge in [-0.25, -0.2) is 9.97 Å². The van der Waals surface area contributed by atoms with E-state index >= 15 is 0 Å². The number of amides is 1. The van der Waals surface area contributed by atoms with Gasteiger partial charge in [-0.05, 0) is 6.92 Å². The maximum absolute atomic E-state index is 12.1. The van der Waals surface area contributed by atoms with Crippen molar-refractivity contribution in [2.24, 2.45) is 0 Å². The molecule has 0 spiro atoms. The summed E-state index contributed by atoms with van der Waals surface area (Å²) in [7, 11) is 0. The van der Waals surface area contributed by atoms with Crippen molar-refractivity contribution in [3.8, 4) is 0 Å². The van der Waals surface area contributed by atoms with Crippen LogP contribution in [0.4, 0.5) is 5.82 Å². The Bertz CT molecular complexity index is 631. The summed E-state index contributed by atoms with van der Waals surface area (Å²) in [6.07, 6.45) is 2.42. The van der Waals surface area contributed by atoms with E-state index in [2.05, 4.69) is 20.2 Å². The zero-order valence-corrected chi connectivity index (χ0v) is 14.7. The average molecular weight is 347 g/mol. The zero-order chi connectivity index (χ0) is 17.6. The molecule has 0 aliphatic carbocycles. The Kier molecular flexibility index (Phi) is 5.93. The van der Waals surface area contributed by atoms with Crippen LogP contribution in [0.3, 0.4) is 0 Å². The van der Waals surface area contributed by atoms with E-state index in [0.717, 1.165) is 32.8 Å². The summed E-state index contributed by atoms with van der Waals surface area (Å²) in [6.45, 7) is 7.84. The molecular formula is C17H25N5O3. The molecule has 25 heavy (non-hydrogen) atoms. The summed E-state index contributed by atoms with van der Waals surface area (Å²) in [5.74, 6) is 1.39. The number of carbonyl (C=O) groups excluding carboxylic acids is 2. The molecule has 0 atom stereocenters. The third kappa shape index (κ3) is 4.73. The number of hydrogen-bond acceptors (Lipinski definition) is 7. The molecule has 1 saturated heterocycles. The summed E-state index contributed by atoms with van der Waals surface area (Å²) >= 11 is 0. The van der Waals surface area contributed by atoms with Gasteiger partial charge >= 0.3 is 0 Å². The van der Waals surface area contributed by atoms with Gasteiger partial charge in [0.05, 0.1) is 18.8 Å². The first-order valence-corrected chi connectivity index (χ1v) is 8.82. The fourth-order valence-corrected chi connectivity index (χ4v) is 3.09. The minimum absolute atomic E-state index is 0.0255. The van der Waals surface area contributed by atoms with Crippen LogP contribution >= 0.6 is 0 Å². The quantitative estimate of drug-likeness (QED) is 0.776. The molecule has 1 aromatic heterocycles. The minimum Gasteiger partial charge on any atom is -0.379 e. The number of fused-ring (bicyclic) bond motifs is 1. The van der Waals surface area contributed by atoms with Crippen LogP contribution in [0.15, 0.2) is 6.20 Å². The molecule has 8 nitrogen and oxygen atoms in total. The number of nitrogens with zero attached hydrogens (tertiary/aromatic N) is 4. The Labute approximate surface area is 147 Å². The summed E-state index contributed by atoms with van der Waals surface area (Å²) in [4.78, 5) is 36.9. The zero-order valence-electron chi connectivity index (χ0n) is 14.7. The van der Waals surface area contributed by atoms with Gasteiger partial charge in [0, 0.05) is 58.3 Å². The Balaban J connectivity index is 1.45. The molecule has 1 amide bonds. The molecule has 3 rings (SSSR count). The number of aryl methyl sites for hydroxylation is 1. The van der Waals surface area contributed by atoms with E-state index in [-0.39, 0.29) is 11.7 Å². The third-order valence-electron chi connectivity index (χ3n) is 4.56. The molecule has 2 aliphatic rings. The van der Waals surface area contributed by atoms with Gasteiger partial charge in [-0.2, -0.15) is 0 Å². The van der Waals surface area contributed by atoms with Crippen LogP contribution in [0.1, 0.15) is 29.0 Å². The number of ether oxygens (including phenoxy) is 1. The number of hydrogen-bond donors (Lipinski definition) is 1. The molecule has 8 heteroatoms. The highest BCUT2D eigenvalue weighted by molar-refractivity contribution is 6.02. The lowest BCUT2D eigenvalue weighted by Gasteiger charge is -2.29. The highest BCUT2D eigenvalue weighted by atomic mass is 16.5. The van der Waals surface area contributed by atoms with Crippen LogP contribution < -0.4 is 10.2 Å². The molecule has 0 aromatic carbocycles. The first-order chi connectivity index (χ1) is 12.1. The van der Waals surface area contributed by atoms with E-state index in [1.54, 1.807) is 13.1 Å². The Morgan fingerprint density at radius 2 is 2.08 bits per heavy atom. The van der Waals surface area contributed by atoms with E-state index in [4.69, 9.17) is 4.74 Å². The number of carbonyl (C=O) groups is 2. The second-order valence-electron chi connectivity index (χ2n) is 6.37. The van der Waals surface area contributed by atoms with Gasteiger partial charge in [-0.15, -0.1) is 0 Å². The molecule has 1 N–H and O–H groups in total. The Morgan fingerprint density at radius 3 is 2.88 bits per heavy atom. The molecule has 1 fully saturated rings. The van der Waals surface area contributed by atoms with Crippen LogP contribution in [-0.2, 0) is 9.53 Å². The monoisotopic (exact) mass is 347 g/mol. The summed E-state index contributed by atoms with van der Waals surface area (Å²) in [5.41, 5.74) is 0.560. The molecule has 3 heterocycles. The predicted molar refractivity (Wildman–Crippen MR) is 92.8 cm³/mol. The van der Waals surface area contributed by atoms with Crippen LogP contribution in [-0.4, -0.2) is 79.0 Å². The van der Waals surface area contributed by atoms with Gasteiger partial charge in [0.2, 0.25) is 5.91 Å². The summed E-state index contributed by atoms with van der Waals surface area (Å²) in [6, 6.07) is 0. The number of morpholine rings is 1. The predicted octanol–water partition coefficient (Wildman–Crippen LogP) is 0.0163. The van der Waals surface area contributed by atoms with E-state index in [0.29, 0.717) is 49.7 Å². The topological polar surface area (TPSA) is 87.7 Å². The SMILES string of the molecule is Cc1ncc2c(n1)N(CCC(=O)NCCN1CCOCC1)CCC2=O. The lowest BCUT2D eigenvalue weighted by Crippen LogP contribution is -2.42. The summed E-state index contributed by atoms with van der Waals surface area (Å²) < 4.78 is 5.31. The average Bonchev–Trinajstić information content (AvgIpc) is 2.62. The second kappa shape index (κ2) is 8.35. The van der Waals surface area contributed by atoms with Gasteiger partial charge in [0.1, 0.15) is 11.6 Å². The number of nitrogens with one attached hydrogen (secondary N) is 1. The van der Waals surface area contributed by atoms with Crippen molar-refractivity contribution in [3.63, 3.8) is 0 Å². The van der Waals surface area contributed by atoms with Gasteiger partial charge in [0.15, 0.2) is 5.78 Å². The Hall–Kier alpha value is -2.06. The summed E-state index contributed by atoms with van der Waals surface area (Å²) in [5, 5.41) is 2.97. The molecule has 0 unspecified atom stereocenters. The fourth-order valence-electron chi connectivity index (χ4n) is 3.09. The van der Waals surface area contributed by atoms with Crippen LogP contribution in [0.25, 0.3) is 0 Å². The van der Waals surface area contributed by atoms with E-state index in [1.165, 1.54) is 0 Å². The minimum atomic E-state index is 0.0255. The molecule has 0 radical (unpaired) electrons. The maximum Gasteiger partial charge on any atom is 0.221 e. The van der Waals surface area contributed by atoms with Crippen LogP contribution in [0.5, 0.6) is 0 Å². The number of ketones is 1. The molecular weight excluding hydrogens is 322 g/mol. The lowest BCUT2D eigenvalue weighted by atomic mass is 10.1. The number of aromatic nitrogens is 2. The Morgan fingerprint density at radius 1 is 1.28 bits per heavy atom. The first-order valence-electron chi connectivity index (χ1n) is 8.82. The molecule has 0 bridgehead atoms. The lowest BCUT2D eigenvalue weighted by molar-refractivity contribution is -0.121. The van der Waals surface area contributed by atoms with Crippen molar-refractivity contribution >= 4 is 17.5 Å². The van der Waals surface area contributed by atoms with Crippen molar-refractivity contribution in [3.05, 3.63) is 17.6 Å². The molecule has 1 aromatic rings. The molecule has 2 aliphatic heterocycles. The van der Waals surface area contributed by atoms with Crippen molar-refractivity contribution in [1.29, 1.82) is 0 Å². The van der Waals surface area contributed by atoms with E-state index in [1.807, 2.05) is 4.90 Å². The molecule has 0 saturated carbocycles. The largest absolute Gasteiger partial charge is 0.379 e. The van der Waals surface area contributed by atoms with Gasteiger partial charge in [-0.3, -0.25) is 14.5 Å². The van der Waals surface area contributed by atoms with Gasteiger partial charge in [0.25, 0.3) is 0 Å². The third-order valence-corrected chi connectivity index (χ3v) is 4.56. The first kappa shape index (κ1) is 17.8.